The van der Waals surface area contributed by atoms with E-state index >= 15 is 0 Å². The zero-order valence-corrected chi connectivity index (χ0v) is 17.1. The van der Waals surface area contributed by atoms with Crippen LogP contribution in [0, 0.1) is 6.92 Å². The number of nitrogens with zero attached hydrogens (tertiary/aromatic N) is 2. The van der Waals surface area contributed by atoms with Crippen molar-refractivity contribution in [2.75, 3.05) is 4.90 Å². The van der Waals surface area contributed by atoms with Crippen LogP contribution in [-0.2, 0) is 16.1 Å². The number of anilines is 1. The van der Waals surface area contributed by atoms with Gasteiger partial charge in [0.1, 0.15) is 10.8 Å². The molecule has 0 aliphatic carbocycles. The Labute approximate surface area is 177 Å². The first-order valence-electron chi connectivity index (χ1n) is 9.69. The Hall–Kier alpha value is -3.29. The first-order valence-corrected chi connectivity index (χ1v) is 10.5. The van der Waals surface area contributed by atoms with Crippen LogP contribution >= 0.6 is 11.3 Å². The highest BCUT2D eigenvalue weighted by Crippen LogP contribution is 2.32. The molecule has 2 aromatic carbocycles. The van der Waals surface area contributed by atoms with Gasteiger partial charge >= 0.3 is 0 Å². The molecular weight excluding hydrogens is 398 g/mol. The molecule has 2 amide bonds. The number of furan rings is 1. The number of rotatable bonds is 5. The lowest BCUT2D eigenvalue weighted by atomic mass is 10.2. The molecule has 1 atom stereocenters. The average molecular weight is 417 g/mol. The van der Waals surface area contributed by atoms with Crippen LogP contribution in [-0.4, -0.2) is 22.8 Å². The summed E-state index contributed by atoms with van der Waals surface area (Å²) in [5, 5.41) is 4.02. The van der Waals surface area contributed by atoms with Crippen LogP contribution in [0.1, 0.15) is 17.7 Å². The van der Waals surface area contributed by atoms with Gasteiger partial charge in [-0.05, 0) is 61.0 Å². The molecular formula is C23H19N3O3S. The number of imide groups is 1. The zero-order chi connectivity index (χ0) is 20.7. The summed E-state index contributed by atoms with van der Waals surface area (Å²) in [6, 6.07) is 16.7. The van der Waals surface area contributed by atoms with Crippen LogP contribution in [0.25, 0.3) is 20.8 Å². The quantitative estimate of drug-likeness (QED) is 0.491. The maximum Gasteiger partial charge on any atom is 0.251 e. The van der Waals surface area contributed by atoms with Crippen molar-refractivity contribution in [2.24, 2.45) is 0 Å². The molecule has 150 valence electrons. The maximum absolute atomic E-state index is 12.8. The van der Waals surface area contributed by atoms with Crippen molar-refractivity contribution >= 4 is 39.1 Å². The van der Waals surface area contributed by atoms with E-state index in [1.807, 2.05) is 24.3 Å². The van der Waals surface area contributed by atoms with E-state index in [-0.39, 0.29) is 18.2 Å². The number of aryl methyl sites for hydroxylation is 1. The van der Waals surface area contributed by atoms with E-state index < -0.39 is 6.04 Å². The van der Waals surface area contributed by atoms with Gasteiger partial charge in [0.15, 0.2) is 0 Å². The van der Waals surface area contributed by atoms with Crippen LogP contribution in [0.5, 0.6) is 0 Å². The van der Waals surface area contributed by atoms with E-state index in [1.165, 1.54) is 10.5 Å². The molecule has 3 heterocycles. The molecule has 4 aromatic rings. The van der Waals surface area contributed by atoms with Gasteiger partial charge in [-0.1, -0.05) is 6.07 Å². The third kappa shape index (κ3) is 3.42. The molecule has 1 aliphatic heterocycles. The first kappa shape index (κ1) is 18.7. The Balaban J connectivity index is 1.34. The minimum absolute atomic E-state index is 0.137. The molecule has 30 heavy (non-hydrogen) atoms. The Morgan fingerprint density at radius 2 is 2.00 bits per heavy atom. The molecule has 0 saturated carbocycles. The topological polar surface area (TPSA) is 75.4 Å². The lowest BCUT2D eigenvalue weighted by Gasteiger charge is -2.15. The third-order valence-corrected chi connectivity index (χ3v) is 6.23. The number of carbonyl (C=O) groups excluding carboxylic acids is 2. The number of fused-ring (bicyclic) bond motifs is 1. The maximum atomic E-state index is 12.8. The van der Waals surface area contributed by atoms with Crippen molar-refractivity contribution in [3.63, 3.8) is 0 Å². The number of amides is 2. The second kappa shape index (κ2) is 7.51. The van der Waals surface area contributed by atoms with Gasteiger partial charge in [0.05, 0.1) is 41.2 Å². The van der Waals surface area contributed by atoms with E-state index in [4.69, 9.17) is 9.40 Å². The minimum Gasteiger partial charge on any atom is -0.468 e. The Morgan fingerprint density at radius 1 is 1.17 bits per heavy atom. The normalized spacial score (nSPS) is 16.7. The second-order valence-corrected chi connectivity index (χ2v) is 8.35. The van der Waals surface area contributed by atoms with Crippen molar-refractivity contribution in [3.8, 4) is 10.6 Å². The predicted octanol–water partition coefficient (Wildman–Crippen LogP) is 4.29. The molecule has 0 spiro atoms. The highest BCUT2D eigenvalue weighted by atomic mass is 32.1. The van der Waals surface area contributed by atoms with Gasteiger partial charge in [0.25, 0.3) is 5.91 Å². The van der Waals surface area contributed by atoms with Crippen molar-refractivity contribution < 1.29 is 14.0 Å². The van der Waals surface area contributed by atoms with Crippen LogP contribution < -0.4 is 10.2 Å². The lowest BCUT2D eigenvalue weighted by Crippen LogP contribution is -2.38. The number of carbonyl (C=O) groups is 2. The smallest absolute Gasteiger partial charge is 0.251 e. The number of hydrogen-bond donors (Lipinski definition) is 1. The zero-order valence-electron chi connectivity index (χ0n) is 16.3. The number of hydrogen-bond acceptors (Lipinski definition) is 6. The molecule has 0 bridgehead atoms. The van der Waals surface area contributed by atoms with Crippen LogP contribution in [0.4, 0.5) is 5.69 Å². The number of nitrogens with one attached hydrogen (secondary N) is 1. The van der Waals surface area contributed by atoms with Gasteiger partial charge in [0, 0.05) is 5.56 Å². The van der Waals surface area contributed by atoms with E-state index in [0.717, 1.165) is 26.5 Å². The lowest BCUT2D eigenvalue weighted by molar-refractivity contribution is -0.121. The Kier molecular flexibility index (Phi) is 4.69. The molecule has 5 rings (SSSR count). The van der Waals surface area contributed by atoms with Crippen LogP contribution in [0.3, 0.4) is 0 Å². The Morgan fingerprint density at radius 3 is 2.77 bits per heavy atom. The molecule has 2 aromatic heterocycles. The van der Waals surface area contributed by atoms with E-state index in [1.54, 1.807) is 35.8 Å². The SMILES string of the molecule is Cc1ccc2nc(-c3ccc(N4C(=O)C[C@H](NCc5ccco5)C4=O)cc3)sc2c1. The standard InChI is InChI=1S/C23H19N3O3S/c1-14-4-9-18-20(11-14)30-22(25-18)15-5-7-16(8-6-15)26-21(27)12-19(23(26)28)24-13-17-3-2-10-29-17/h2-11,19,24H,12-13H2,1H3/t19-/m0/s1. The highest BCUT2D eigenvalue weighted by molar-refractivity contribution is 7.21. The highest BCUT2D eigenvalue weighted by Gasteiger charge is 2.39. The van der Waals surface area contributed by atoms with Gasteiger partial charge in [-0.2, -0.15) is 0 Å². The third-order valence-electron chi connectivity index (χ3n) is 5.17. The summed E-state index contributed by atoms with van der Waals surface area (Å²) in [6.07, 6.45) is 1.72. The summed E-state index contributed by atoms with van der Waals surface area (Å²) in [6.45, 7) is 2.47. The van der Waals surface area contributed by atoms with Crippen LogP contribution in [0.15, 0.2) is 65.3 Å². The summed E-state index contributed by atoms with van der Waals surface area (Å²) in [5.41, 5.74) is 3.71. The van der Waals surface area contributed by atoms with Crippen molar-refractivity contribution in [3.05, 3.63) is 72.2 Å². The summed E-state index contributed by atoms with van der Waals surface area (Å²) in [4.78, 5) is 31.2. The van der Waals surface area contributed by atoms with E-state index in [9.17, 15) is 9.59 Å². The number of aromatic nitrogens is 1. The average Bonchev–Trinajstić information content (AvgIpc) is 3.46. The molecule has 0 unspecified atom stereocenters. The molecule has 1 aliphatic rings. The van der Waals surface area contributed by atoms with Gasteiger partial charge in [-0.15, -0.1) is 11.3 Å². The van der Waals surface area contributed by atoms with Crippen molar-refractivity contribution in [1.82, 2.24) is 10.3 Å². The molecule has 1 fully saturated rings. The Bertz CT molecular complexity index is 1230. The molecule has 1 saturated heterocycles. The van der Waals surface area contributed by atoms with Crippen molar-refractivity contribution in [1.29, 1.82) is 0 Å². The number of thiazole rings is 1. The monoisotopic (exact) mass is 417 g/mol. The molecule has 0 radical (unpaired) electrons. The number of benzene rings is 2. The fourth-order valence-electron chi connectivity index (χ4n) is 3.61. The van der Waals surface area contributed by atoms with Gasteiger partial charge in [0.2, 0.25) is 5.91 Å². The van der Waals surface area contributed by atoms with E-state index in [2.05, 4.69) is 24.4 Å². The van der Waals surface area contributed by atoms with Gasteiger partial charge in [-0.3, -0.25) is 14.9 Å². The van der Waals surface area contributed by atoms with E-state index in [0.29, 0.717) is 12.2 Å². The fourth-order valence-corrected chi connectivity index (χ4v) is 4.68. The molecule has 6 nitrogen and oxygen atoms in total. The van der Waals surface area contributed by atoms with Crippen molar-refractivity contribution in [2.45, 2.75) is 25.9 Å². The minimum atomic E-state index is -0.547. The molecule has 7 heteroatoms. The summed E-state index contributed by atoms with van der Waals surface area (Å²) >= 11 is 1.63. The summed E-state index contributed by atoms with van der Waals surface area (Å²) in [5.74, 6) is 0.277. The van der Waals surface area contributed by atoms with Gasteiger partial charge in [-0.25, -0.2) is 9.88 Å². The van der Waals surface area contributed by atoms with Gasteiger partial charge < -0.3 is 4.42 Å². The fraction of sp³-hybridized carbons (Fsp3) is 0.174. The first-order chi connectivity index (χ1) is 14.6. The molecule has 1 N–H and O–H groups in total. The van der Waals surface area contributed by atoms with Crippen LogP contribution in [0.2, 0.25) is 0 Å². The summed E-state index contributed by atoms with van der Waals surface area (Å²) < 4.78 is 6.42. The predicted molar refractivity (Wildman–Crippen MR) is 116 cm³/mol. The largest absolute Gasteiger partial charge is 0.468 e. The summed E-state index contributed by atoms with van der Waals surface area (Å²) in [7, 11) is 0. The second-order valence-electron chi connectivity index (χ2n) is 7.32.